The Hall–Kier alpha value is -1.23. The van der Waals surface area contributed by atoms with Crippen molar-refractivity contribution in [2.75, 3.05) is 13.3 Å². The summed E-state index contributed by atoms with van der Waals surface area (Å²) < 4.78 is 20.3. The highest BCUT2D eigenvalue weighted by Crippen LogP contribution is 2.65. The number of amides is 1. The third-order valence-corrected chi connectivity index (χ3v) is 9.21. The number of rotatable bonds is 7. The Morgan fingerprint density at radius 1 is 1.50 bits per heavy atom. The SMILES string of the molecule is C[C@]1(c2cc(Br)ccc2F)N=C(N(COCC[Si](C)(C)C)C(=O)O)S[C@@]2(C=O)C[C@H]21. The van der Waals surface area contributed by atoms with Crippen molar-refractivity contribution in [2.45, 2.75) is 49.3 Å². The summed E-state index contributed by atoms with van der Waals surface area (Å²) in [6, 6.07) is 5.50. The van der Waals surface area contributed by atoms with Crippen LogP contribution in [0.5, 0.6) is 0 Å². The average Bonchev–Trinajstić information content (AvgIpc) is 3.38. The first kappa shape index (κ1) is 23.4. The van der Waals surface area contributed by atoms with Gasteiger partial charge in [0.15, 0.2) is 5.17 Å². The van der Waals surface area contributed by atoms with Gasteiger partial charge in [0.05, 0.1) is 10.3 Å². The van der Waals surface area contributed by atoms with Gasteiger partial charge in [-0.1, -0.05) is 47.3 Å². The molecule has 3 atom stereocenters. The normalized spacial score (nSPS) is 27.8. The van der Waals surface area contributed by atoms with Gasteiger partial charge in [0.2, 0.25) is 0 Å². The van der Waals surface area contributed by atoms with Crippen LogP contribution in [0.25, 0.3) is 0 Å². The van der Waals surface area contributed by atoms with Gasteiger partial charge in [-0.25, -0.2) is 14.1 Å². The molecule has 6 nitrogen and oxygen atoms in total. The third kappa shape index (κ3) is 4.66. The minimum absolute atomic E-state index is 0.165. The number of fused-ring (bicyclic) bond motifs is 1. The first-order valence-electron chi connectivity index (χ1n) is 9.71. The zero-order chi connectivity index (χ0) is 22.3. The lowest BCUT2D eigenvalue weighted by molar-refractivity contribution is -0.108. The zero-order valence-electron chi connectivity index (χ0n) is 17.4. The second-order valence-electron chi connectivity index (χ2n) is 9.16. The molecule has 0 radical (unpaired) electrons. The summed E-state index contributed by atoms with van der Waals surface area (Å²) in [7, 11) is -1.32. The van der Waals surface area contributed by atoms with E-state index in [1.54, 1.807) is 19.1 Å². The van der Waals surface area contributed by atoms with Gasteiger partial charge < -0.3 is 14.6 Å². The Kier molecular flexibility index (Phi) is 6.53. The molecule has 3 rings (SSSR count). The number of ether oxygens (including phenoxy) is 1. The van der Waals surface area contributed by atoms with Crippen LogP contribution < -0.4 is 0 Å². The molecule has 164 valence electrons. The topological polar surface area (TPSA) is 79.2 Å². The molecule has 0 spiro atoms. The molecule has 1 aliphatic heterocycles. The number of amidine groups is 1. The summed E-state index contributed by atoms with van der Waals surface area (Å²) in [4.78, 5) is 29.6. The molecule has 1 amide bonds. The van der Waals surface area contributed by atoms with Gasteiger partial charge in [-0.05, 0) is 37.6 Å². The fourth-order valence-electron chi connectivity index (χ4n) is 3.65. The van der Waals surface area contributed by atoms with E-state index in [2.05, 4.69) is 40.6 Å². The van der Waals surface area contributed by atoms with Crippen LogP contribution in [-0.2, 0) is 15.1 Å². The molecule has 1 fully saturated rings. The Labute approximate surface area is 189 Å². The second kappa shape index (κ2) is 8.37. The molecule has 30 heavy (non-hydrogen) atoms. The van der Waals surface area contributed by atoms with Crippen molar-refractivity contribution in [1.82, 2.24) is 4.90 Å². The van der Waals surface area contributed by atoms with Crippen molar-refractivity contribution in [1.29, 1.82) is 0 Å². The van der Waals surface area contributed by atoms with E-state index < -0.39 is 30.3 Å². The minimum atomic E-state index is -1.32. The zero-order valence-corrected chi connectivity index (χ0v) is 20.8. The molecule has 0 aromatic heterocycles. The fourth-order valence-corrected chi connectivity index (χ4v) is 6.25. The largest absolute Gasteiger partial charge is 0.465 e. The molecule has 10 heteroatoms. The van der Waals surface area contributed by atoms with Gasteiger partial charge in [0.25, 0.3) is 0 Å². The highest BCUT2D eigenvalue weighted by molar-refractivity contribution is 9.10. The first-order valence-corrected chi connectivity index (χ1v) is 15.0. The summed E-state index contributed by atoms with van der Waals surface area (Å²) in [5.41, 5.74) is -0.713. The summed E-state index contributed by atoms with van der Waals surface area (Å²) in [6.45, 7) is 8.68. The molecule has 1 aromatic carbocycles. The van der Waals surface area contributed by atoms with Gasteiger partial charge >= 0.3 is 6.09 Å². The van der Waals surface area contributed by atoms with Crippen molar-refractivity contribution >= 4 is 53.3 Å². The second-order valence-corrected chi connectivity index (χ2v) is 17.0. The molecule has 0 bridgehead atoms. The molecular weight excluding hydrogens is 491 g/mol. The molecule has 1 aliphatic carbocycles. The van der Waals surface area contributed by atoms with Crippen molar-refractivity contribution in [3.8, 4) is 0 Å². The van der Waals surface area contributed by atoms with E-state index in [-0.39, 0.29) is 17.8 Å². The quantitative estimate of drug-likeness (QED) is 0.234. The van der Waals surface area contributed by atoms with Crippen LogP contribution in [0.15, 0.2) is 27.7 Å². The van der Waals surface area contributed by atoms with Gasteiger partial charge in [-0.3, -0.25) is 4.99 Å². The number of aliphatic imine (C=N–C) groups is 1. The first-order chi connectivity index (χ1) is 13.9. The van der Waals surface area contributed by atoms with Crippen LogP contribution in [-0.4, -0.2) is 53.7 Å². The van der Waals surface area contributed by atoms with Crippen molar-refractivity contribution in [2.24, 2.45) is 10.9 Å². The summed E-state index contributed by atoms with van der Waals surface area (Å²) >= 11 is 4.50. The van der Waals surface area contributed by atoms with E-state index in [4.69, 9.17) is 4.74 Å². The number of benzene rings is 1. The van der Waals surface area contributed by atoms with E-state index in [1.807, 2.05) is 0 Å². The van der Waals surface area contributed by atoms with Gasteiger partial charge in [-0.15, -0.1) is 0 Å². The number of carbonyl (C=O) groups excluding carboxylic acids is 1. The van der Waals surface area contributed by atoms with Crippen LogP contribution in [0.1, 0.15) is 18.9 Å². The molecular formula is C20H26BrFN2O4SSi. The van der Waals surface area contributed by atoms with Crippen LogP contribution in [0, 0.1) is 11.7 Å². The smallest absolute Gasteiger partial charge is 0.415 e. The van der Waals surface area contributed by atoms with Crippen LogP contribution in [0.3, 0.4) is 0 Å². The molecule has 0 saturated heterocycles. The van der Waals surface area contributed by atoms with E-state index >= 15 is 0 Å². The number of hydrogen-bond donors (Lipinski definition) is 1. The van der Waals surface area contributed by atoms with Crippen molar-refractivity contribution in [3.05, 3.63) is 34.1 Å². The van der Waals surface area contributed by atoms with Crippen LogP contribution in [0.4, 0.5) is 9.18 Å². The summed E-state index contributed by atoms with van der Waals surface area (Å²) in [5.74, 6) is -0.640. The Morgan fingerprint density at radius 2 is 2.20 bits per heavy atom. The minimum Gasteiger partial charge on any atom is -0.465 e. The van der Waals surface area contributed by atoms with Crippen LogP contribution >= 0.6 is 27.7 Å². The van der Waals surface area contributed by atoms with Gasteiger partial charge in [0.1, 0.15) is 18.8 Å². The predicted molar refractivity (Wildman–Crippen MR) is 122 cm³/mol. The number of hydrogen-bond acceptors (Lipinski definition) is 5. The lowest BCUT2D eigenvalue weighted by Gasteiger charge is -2.35. The number of carboxylic acid groups (broad SMARTS) is 1. The summed E-state index contributed by atoms with van der Waals surface area (Å²) in [6.07, 6.45) is 0.143. The standard InChI is InChI=1S/C20H26BrFN2O4SSi/c1-19(14-9-13(21)5-6-15(14)22)16-10-20(16,11-25)29-17(23-19)24(18(26)27)12-28-7-8-30(2,3)4/h5-6,9,11,16H,7-8,10,12H2,1-4H3,(H,26,27)/t16-,19+,20+/m0/s1. The average molecular weight is 517 g/mol. The third-order valence-electron chi connectivity index (χ3n) is 5.59. The number of aldehydes is 1. The maximum Gasteiger partial charge on any atom is 0.415 e. The number of thioether (sulfide) groups is 1. The van der Waals surface area contributed by atoms with E-state index in [0.29, 0.717) is 23.1 Å². The maximum absolute atomic E-state index is 14.7. The lowest BCUT2D eigenvalue weighted by atomic mass is 9.86. The van der Waals surface area contributed by atoms with Crippen LogP contribution in [0.2, 0.25) is 25.7 Å². The molecule has 1 N–H and O–H groups in total. The monoisotopic (exact) mass is 516 g/mol. The number of nitrogens with zero attached hydrogens (tertiary/aromatic N) is 2. The fraction of sp³-hybridized carbons (Fsp3) is 0.550. The molecule has 0 unspecified atom stereocenters. The number of carbonyl (C=O) groups is 2. The lowest BCUT2D eigenvalue weighted by Crippen LogP contribution is -2.43. The molecule has 1 aromatic rings. The van der Waals surface area contributed by atoms with E-state index in [9.17, 15) is 19.1 Å². The maximum atomic E-state index is 14.7. The van der Waals surface area contributed by atoms with Gasteiger partial charge in [0, 0.05) is 30.6 Å². The molecule has 1 saturated carbocycles. The summed E-state index contributed by atoms with van der Waals surface area (Å²) in [5, 5.41) is 9.94. The van der Waals surface area contributed by atoms with Crippen molar-refractivity contribution in [3.63, 3.8) is 0 Å². The van der Waals surface area contributed by atoms with E-state index in [1.165, 1.54) is 6.07 Å². The molecule has 2 aliphatic rings. The predicted octanol–water partition coefficient (Wildman–Crippen LogP) is 5.16. The highest BCUT2D eigenvalue weighted by Gasteiger charge is 2.67. The number of halogens is 2. The Balaban J connectivity index is 1.93. The Morgan fingerprint density at radius 3 is 2.80 bits per heavy atom. The highest BCUT2D eigenvalue weighted by atomic mass is 79.9. The Bertz CT molecular complexity index is 896. The molecule has 1 heterocycles. The van der Waals surface area contributed by atoms with Crippen molar-refractivity contribution < 1.29 is 23.8 Å². The van der Waals surface area contributed by atoms with Gasteiger partial charge in [-0.2, -0.15) is 0 Å². The van der Waals surface area contributed by atoms with E-state index in [0.717, 1.165) is 29.0 Å².